The zero-order valence-electron chi connectivity index (χ0n) is 10.9. The molecule has 0 amide bonds. The monoisotopic (exact) mass is 293 g/mol. The first kappa shape index (κ1) is 13.3. The number of nitrogens with one attached hydrogen (secondary N) is 1. The van der Waals surface area contributed by atoms with Crippen LogP contribution >= 0.6 is 0 Å². The fourth-order valence-electron chi connectivity index (χ4n) is 1.87. The highest BCUT2D eigenvalue weighted by Gasteiger charge is 2.35. The second-order valence-corrected chi connectivity index (χ2v) is 4.41. The van der Waals surface area contributed by atoms with Crippen molar-refractivity contribution in [1.82, 2.24) is 19.6 Å². The molecule has 2 aromatic heterocycles. The van der Waals surface area contributed by atoms with E-state index in [1.54, 1.807) is 12.1 Å². The van der Waals surface area contributed by atoms with E-state index in [4.69, 9.17) is 0 Å². The highest BCUT2D eigenvalue weighted by atomic mass is 19.4. The Morgan fingerprint density at radius 3 is 2.57 bits per heavy atom. The summed E-state index contributed by atoms with van der Waals surface area (Å²) >= 11 is 0. The van der Waals surface area contributed by atoms with E-state index in [1.807, 2.05) is 19.1 Å². The van der Waals surface area contributed by atoms with Crippen LogP contribution < -0.4 is 5.32 Å². The number of alkyl halides is 3. The molecular weight excluding hydrogens is 283 g/mol. The third kappa shape index (κ3) is 2.51. The van der Waals surface area contributed by atoms with Gasteiger partial charge in [-0.25, -0.2) is 4.98 Å². The SMILES string of the molecule is Cc1ccccc1Nc1nc(C(F)(F)F)nc2ccnn12. The molecule has 0 spiro atoms. The van der Waals surface area contributed by atoms with E-state index >= 15 is 0 Å². The Bertz CT molecular complexity index is 794. The third-order valence-electron chi connectivity index (χ3n) is 2.90. The molecule has 1 N–H and O–H groups in total. The molecule has 0 aliphatic heterocycles. The molecular formula is C13H10F3N5. The van der Waals surface area contributed by atoms with Gasteiger partial charge < -0.3 is 5.32 Å². The Labute approximate surface area is 117 Å². The van der Waals surface area contributed by atoms with Crippen molar-refractivity contribution in [2.75, 3.05) is 5.32 Å². The zero-order valence-corrected chi connectivity index (χ0v) is 10.9. The molecule has 0 saturated heterocycles. The summed E-state index contributed by atoms with van der Waals surface area (Å²) in [7, 11) is 0. The van der Waals surface area contributed by atoms with Crippen molar-refractivity contribution >= 4 is 17.3 Å². The quantitative estimate of drug-likeness (QED) is 0.788. The minimum Gasteiger partial charge on any atom is -0.324 e. The summed E-state index contributed by atoms with van der Waals surface area (Å²) in [6.07, 6.45) is -3.25. The van der Waals surface area contributed by atoms with Crippen LogP contribution in [0.1, 0.15) is 11.4 Å². The standard InChI is InChI=1S/C13H10F3N5/c1-8-4-2-3-5-9(8)18-12-20-11(13(14,15)16)19-10-6-7-17-21(10)12/h2-7H,1H3,(H,18,19,20). The van der Waals surface area contributed by atoms with Gasteiger partial charge in [-0.05, 0) is 18.6 Å². The average Bonchev–Trinajstić information content (AvgIpc) is 2.89. The van der Waals surface area contributed by atoms with Gasteiger partial charge in [0.25, 0.3) is 0 Å². The van der Waals surface area contributed by atoms with Crippen LogP contribution in [0, 0.1) is 6.92 Å². The van der Waals surface area contributed by atoms with E-state index in [1.165, 1.54) is 16.8 Å². The molecule has 0 radical (unpaired) electrons. The fraction of sp³-hybridized carbons (Fsp3) is 0.154. The molecule has 0 bridgehead atoms. The Hall–Kier alpha value is -2.64. The number of aromatic nitrogens is 4. The first-order chi connectivity index (χ1) is 9.95. The molecule has 0 unspecified atom stereocenters. The molecule has 3 rings (SSSR count). The molecule has 3 aromatic rings. The zero-order chi connectivity index (χ0) is 15.0. The van der Waals surface area contributed by atoms with E-state index in [9.17, 15) is 13.2 Å². The predicted octanol–water partition coefficient (Wildman–Crippen LogP) is 3.20. The van der Waals surface area contributed by atoms with Crippen molar-refractivity contribution in [1.29, 1.82) is 0 Å². The van der Waals surface area contributed by atoms with Gasteiger partial charge in [0.05, 0.1) is 6.20 Å². The molecule has 21 heavy (non-hydrogen) atoms. The van der Waals surface area contributed by atoms with E-state index in [0.29, 0.717) is 5.69 Å². The number of hydrogen-bond acceptors (Lipinski definition) is 4. The van der Waals surface area contributed by atoms with Crippen molar-refractivity contribution in [3.63, 3.8) is 0 Å². The van der Waals surface area contributed by atoms with Crippen LogP contribution in [0.25, 0.3) is 5.65 Å². The maximum Gasteiger partial charge on any atom is 0.451 e. The lowest BCUT2D eigenvalue weighted by atomic mass is 10.2. The van der Waals surface area contributed by atoms with Crippen molar-refractivity contribution in [3.8, 4) is 0 Å². The molecule has 1 aromatic carbocycles. The number of hydrogen-bond donors (Lipinski definition) is 1. The average molecular weight is 293 g/mol. The molecule has 0 atom stereocenters. The maximum absolute atomic E-state index is 12.8. The number of nitrogens with zero attached hydrogens (tertiary/aromatic N) is 4. The molecule has 8 heteroatoms. The van der Waals surface area contributed by atoms with Crippen molar-refractivity contribution < 1.29 is 13.2 Å². The van der Waals surface area contributed by atoms with Gasteiger partial charge in [0.2, 0.25) is 11.8 Å². The van der Waals surface area contributed by atoms with Crippen molar-refractivity contribution in [3.05, 3.63) is 47.9 Å². The van der Waals surface area contributed by atoms with Gasteiger partial charge in [-0.15, -0.1) is 0 Å². The molecule has 0 saturated carbocycles. The van der Waals surface area contributed by atoms with Gasteiger partial charge in [0, 0.05) is 11.8 Å². The highest BCUT2D eigenvalue weighted by Crippen LogP contribution is 2.28. The molecule has 2 heterocycles. The normalized spacial score (nSPS) is 11.8. The summed E-state index contributed by atoms with van der Waals surface area (Å²) in [5.41, 5.74) is 1.61. The summed E-state index contributed by atoms with van der Waals surface area (Å²) in [5, 5.41) is 6.79. The third-order valence-corrected chi connectivity index (χ3v) is 2.90. The Balaban J connectivity index is 2.13. The summed E-state index contributed by atoms with van der Waals surface area (Å²) in [4.78, 5) is 6.99. The number of para-hydroxylation sites is 1. The first-order valence-corrected chi connectivity index (χ1v) is 6.07. The molecule has 108 valence electrons. The van der Waals surface area contributed by atoms with Crippen LogP contribution in [0.5, 0.6) is 0 Å². The molecule has 5 nitrogen and oxygen atoms in total. The lowest BCUT2D eigenvalue weighted by Gasteiger charge is -2.12. The van der Waals surface area contributed by atoms with E-state index in [2.05, 4.69) is 20.4 Å². The summed E-state index contributed by atoms with van der Waals surface area (Å²) < 4.78 is 39.7. The van der Waals surface area contributed by atoms with Crippen LogP contribution in [-0.2, 0) is 6.18 Å². The van der Waals surface area contributed by atoms with Crippen molar-refractivity contribution in [2.24, 2.45) is 0 Å². The van der Waals surface area contributed by atoms with Gasteiger partial charge in [0.1, 0.15) is 0 Å². The molecule has 0 aliphatic carbocycles. The number of benzene rings is 1. The van der Waals surface area contributed by atoms with Gasteiger partial charge in [-0.1, -0.05) is 18.2 Å². The fourth-order valence-corrected chi connectivity index (χ4v) is 1.87. The van der Waals surface area contributed by atoms with E-state index < -0.39 is 12.0 Å². The van der Waals surface area contributed by atoms with E-state index in [-0.39, 0.29) is 11.6 Å². The van der Waals surface area contributed by atoms with Crippen molar-refractivity contribution in [2.45, 2.75) is 13.1 Å². The maximum atomic E-state index is 12.8. The Kier molecular flexibility index (Phi) is 3.00. The minimum absolute atomic E-state index is 0.0355. The minimum atomic E-state index is -4.62. The van der Waals surface area contributed by atoms with Crippen LogP contribution in [0.2, 0.25) is 0 Å². The largest absolute Gasteiger partial charge is 0.451 e. The van der Waals surface area contributed by atoms with Crippen LogP contribution in [0.15, 0.2) is 36.5 Å². The number of rotatable bonds is 2. The lowest BCUT2D eigenvalue weighted by Crippen LogP contribution is -2.15. The van der Waals surface area contributed by atoms with Crippen LogP contribution in [0.4, 0.5) is 24.8 Å². The summed E-state index contributed by atoms with van der Waals surface area (Å²) in [6.45, 7) is 1.84. The number of anilines is 2. The molecule has 0 fully saturated rings. The molecule has 0 aliphatic rings. The first-order valence-electron chi connectivity index (χ1n) is 6.07. The number of fused-ring (bicyclic) bond motifs is 1. The lowest BCUT2D eigenvalue weighted by molar-refractivity contribution is -0.144. The van der Waals surface area contributed by atoms with Crippen LogP contribution in [0.3, 0.4) is 0 Å². The van der Waals surface area contributed by atoms with Gasteiger partial charge in [-0.2, -0.15) is 27.8 Å². The summed E-state index contributed by atoms with van der Waals surface area (Å²) in [5.74, 6) is -1.24. The second-order valence-electron chi connectivity index (χ2n) is 4.41. The smallest absolute Gasteiger partial charge is 0.324 e. The topological polar surface area (TPSA) is 55.1 Å². The van der Waals surface area contributed by atoms with Crippen LogP contribution in [-0.4, -0.2) is 19.6 Å². The van der Waals surface area contributed by atoms with E-state index in [0.717, 1.165) is 5.56 Å². The predicted molar refractivity (Wildman–Crippen MR) is 70.2 cm³/mol. The number of aryl methyl sites for hydroxylation is 1. The Morgan fingerprint density at radius 1 is 1.10 bits per heavy atom. The van der Waals surface area contributed by atoms with Gasteiger partial charge >= 0.3 is 6.18 Å². The second kappa shape index (κ2) is 4.72. The highest BCUT2D eigenvalue weighted by molar-refractivity contribution is 5.59. The summed E-state index contributed by atoms with van der Waals surface area (Å²) in [6, 6.07) is 8.60. The van der Waals surface area contributed by atoms with Gasteiger partial charge in [-0.3, -0.25) is 0 Å². The van der Waals surface area contributed by atoms with Gasteiger partial charge in [0.15, 0.2) is 5.65 Å². The number of halogens is 3. The Morgan fingerprint density at radius 2 is 1.86 bits per heavy atom.